The van der Waals surface area contributed by atoms with Crippen LogP contribution in [0.4, 0.5) is 0 Å². The lowest BCUT2D eigenvalue weighted by molar-refractivity contribution is 0.0994. The molecule has 1 aromatic carbocycles. The highest BCUT2D eigenvalue weighted by Gasteiger charge is 2.09. The van der Waals surface area contributed by atoms with Gasteiger partial charge in [0.05, 0.1) is 20.1 Å². The lowest BCUT2D eigenvalue weighted by atomic mass is 10.1. The highest BCUT2D eigenvalue weighted by molar-refractivity contribution is 7.80. The van der Waals surface area contributed by atoms with E-state index in [1.54, 1.807) is 31.4 Å². The molecule has 17 heavy (non-hydrogen) atoms. The number of Topliss-reactive ketones (excluding diaryl/α,β-unsaturated/α-hetero) is 1. The zero-order chi connectivity index (χ0) is 12.7. The summed E-state index contributed by atoms with van der Waals surface area (Å²) in [5.74, 6) is 0.695. The van der Waals surface area contributed by atoms with Gasteiger partial charge in [-0.1, -0.05) is 6.92 Å². The highest BCUT2D eigenvalue weighted by Crippen LogP contribution is 2.13. The van der Waals surface area contributed by atoms with E-state index >= 15 is 0 Å². The van der Waals surface area contributed by atoms with Crippen LogP contribution in [0, 0.1) is 0 Å². The monoisotopic (exact) mass is 252 g/mol. The molecular formula is C13H16O3S. The van der Waals surface area contributed by atoms with Gasteiger partial charge < -0.3 is 9.47 Å². The van der Waals surface area contributed by atoms with Gasteiger partial charge in [0.15, 0.2) is 10.8 Å². The van der Waals surface area contributed by atoms with Gasteiger partial charge in [0.2, 0.25) is 0 Å². The fraction of sp³-hybridized carbons (Fsp3) is 0.385. The van der Waals surface area contributed by atoms with Crippen molar-refractivity contribution >= 4 is 23.1 Å². The van der Waals surface area contributed by atoms with Crippen molar-refractivity contribution in [2.75, 3.05) is 13.7 Å². The first kappa shape index (κ1) is 13.6. The molecule has 1 aromatic rings. The van der Waals surface area contributed by atoms with E-state index in [1.165, 1.54) is 0 Å². The quantitative estimate of drug-likeness (QED) is 0.576. The summed E-state index contributed by atoms with van der Waals surface area (Å²) in [6.45, 7) is 2.56. The van der Waals surface area contributed by atoms with E-state index in [2.05, 4.69) is 0 Å². The summed E-state index contributed by atoms with van der Waals surface area (Å²) in [7, 11) is 1.59. The van der Waals surface area contributed by atoms with E-state index in [-0.39, 0.29) is 12.2 Å². The summed E-state index contributed by atoms with van der Waals surface area (Å²) in [6, 6.07) is 6.96. The minimum absolute atomic E-state index is 0.0336. The van der Waals surface area contributed by atoms with Crippen LogP contribution >= 0.6 is 12.2 Å². The zero-order valence-corrected chi connectivity index (χ0v) is 10.9. The maximum atomic E-state index is 11.8. The van der Waals surface area contributed by atoms with Crippen molar-refractivity contribution < 1.29 is 14.3 Å². The number of methoxy groups -OCH3 is 1. The number of ether oxygens (including phenoxy) is 2. The van der Waals surface area contributed by atoms with Crippen molar-refractivity contribution in [2.24, 2.45) is 0 Å². The molecule has 0 aliphatic carbocycles. The van der Waals surface area contributed by atoms with Crippen molar-refractivity contribution in [3.05, 3.63) is 29.8 Å². The predicted molar refractivity (Wildman–Crippen MR) is 70.8 cm³/mol. The van der Waals surface area contributed by atoms with Crippen LogP contribution in [0.15, 0.2) is 24.3 Å². The van der Waals surface area contributed by atoms with E-state index in [9.17, 15) is 4.79 Å². The molecule has 0 bridgehead atoms. The van der Waals surface area contributed by atoms with E-state index in [1.807, 2.05) is 6.92 Å². The van der Waals surface area contributed by atoms with Gasteiger partial charge in [-0.05, 0) is 42.9 Å². The number of benzene rings is 1. The van der Waals surface area contributed by atoms with Crippen molar-refractivity contribution in [1.82, 2.24) is 0 Å². The maximum absolute atomic E-state index is 11.8. The summed E-state index contributed by atoms with van der Waals surface area (Å²) in [5.41, 5.74) is 0.619. The van der Waals surface area contributed by atoms with Crippen LogP contribution in [0.3, 0.4) is 0 Å². The number of ketones is 1. The number of hydrogen-bond acceptors (Lipinski definition) is 4. The molecule has 0 spiro atoms. The molecule has 0 fully saturated rings. The molecule has 0 N–H and O–H groups in total. The molecular weight excluding hydrogens is 236 g/mol. The van der Waals surface area contributed by atoms with Gasteiger partial charge in [-0.15, -0.1) is 0 Å². The molecule has 0 saturated heterocycles. The Bertz CT molecular complexity index is 384. The van der Waals surface area contributed by atoms with Gasteiger partial charge >= 0.3 is 0 Å². The predicted octanol–water partition coefficient (Wildman–Crippen LogP) is 3.02. The van der Waals surface area contributed by atoms with Gasteiger partial charge in [0, 0.05) is 5.56 Å². The highest BCUT2D eigenvalue weighted by atomic mass is 32.1. The van der Waals surface area contributed by atoms with E-state index in [4.69, 9.17) is 21.7 Å². The molecule has 0 atom stereocenters. The third-order valence-electron chi connectivity index (χ3n) is 2.18. The van der Waals surface area contributed by atoms with Gasteiger partial charge in [-0.2, -0.15) is 0 Å². The van der Waals surface area contributed by atoms with E-state index < -0.39 is 0 Å². The molecule has 0 aliphatic rings. The number of rotatable bonds is 6. The van der Waals surface area contributed by atoms with E-state index in [0.29, 0.717) is 17.2 Å². The van der Waals surface area contributed by atoms with Crippen LogP contribution in [0.5, 0.6) is 5.75 Å². The molecule has 0 aliphatic heterocycles. The first-order chi connectivity index (χ1) is 8.17. The van der Waals surface area contributed by atoms with Crippen molar-refractivity contribution in [2.45, 2.75) is 19.8 Å². The fourth-order valence-corrected chi connectivity index (χ4v) is 1.49. The first-order valence-electron chi connectivity index (χ1n) is 5.50. The SMILES string of the molecule is CCCOC(=S)CC(=O)c1ccc(OC)cc1. The normalized spacial score (nSPS) is 9.76. The summed E-state index contributed by atoms with van der Waals surface area (Å²) >= 11 is 4.98. The second-order valence-electron chi connectivity index (χ2n) is 3.55. The Labute approximate surface area is 107 Å². The molecule has 92 valence electrons. The summed E-state index contributed by atoms with van der Waals surface area (Å²) in [4.78, 5) is 11.8. The topological polar surface area (TPSA) is 35.5 Å². The van der Waals surface area contributed by atoms with Crippen LogP contribution < -0.4 is 4.74 Å². The Morgan fingerprint density at radius 3 is 2.47 bits per heavy atom. The number of thiocarbonyl (C=S) groups is 1. The minimum atomic E-state index is -0.0336. The van der Waals surface area contributed by atoms with Gasteiger partial charge in [0.1, 0.15) is 5.75 Å². The Hall–Kier alpha value is -1.42. The number of hydrogen-bond donors (Lipinski definition) is 0. The fourth-order valence-electron chi connectivity index (χ4n) is 1.28. The maximum Gasteiger partial charge on any atom is 0.171 e. The lowest BCUT2D eigenvalue weighted by Crippen LogP contribution is -2.10. The van der Waals surface area contributed by atoms with Crippen molar-refractivity contribution in [3.63, 3.8) is 0 Å². The minimum Gasteiger partial charge on any atom is -0.497 e. The third kappa shape index (κ3) is 4.53. The smallest absolute Gasteiger partial charge is 0.171 e. The van der Waals surface area contributed by atoms with Crippen LogP contribution in [-0.2, 0) is 4.74 Å². The molecule has 1 rings (SSSR count). The molecule has 0 heterocycles. The Balaban J connectivity index is 2.54. The van der Waals surface area contributed by atoms with Gasteiger partial charge in [-0.25, -0.2) is 0 Å². The zero-order valence-electron chi connectivity index (χ0n) is 10.1. The Morgan fingerprint density at radius 2 is 1.94 bits per heavy atom. The van der Waals surface area contributed by atoms with Gasteiger partial charge in [0.25, 0.3) is 0 Å². The molecule has 4 heteroatoms. The van der Waals surface area contributed by atoms with Crippen LogP contribution in [0.2, 0.25) is 0 Å². The molecule has 3 nitrogen and oxygen atoms in total. The molecule has 0 radical (unpaired) electrons. The lowest BCUT2D eigenvalue weighted by Gasteiger charge is -2.06. The standard InChI is InChI=1S/C13H16O3S/c1-3-8-16-13(17)9-12(14)10-4-6-11(15-2)7-5-10/h4-7H,3,8-9H2,1-2H3. The van der Waals surface area contributed by atoms with Crippen molar-refractivity contribution in [3.8, 4) is 5.75 Å². The van der Waals surface area contributed by atoms with Crippen LogP contribution in [-0.4, -0.2) is 24.6 Å². The average molecular weight is 252 g/mol. The average Bonchev–Trinajstić information content (AvgIpc) is 2.36. The van der Waals surface area contributed by atoms with Gasteiger partial charge in [-0.3, -0.25) is 4.79 Å². The van der Waals surface area contributed by atoms with Crippen LogP contribution in [0.25, 0.3) is 0 Å². The second-order valence-corrected chi connectivity index (χ2v) is 4.00. The summed E-state index contributed by atoms with van der Waals surface area (Å²) < 4.78 is 10.2. The Morgan fingerprint density at radius 1 is 1.29 bits per heavy atom. The summed E-state index contributed by atoms with van der Waals surface area (Å²) in [6.07, 6.45) is 1.04. The molecule has 0 unspecified atom stereocenters. The Kier molecular flexibility index (Phi) is 5.63. The number of carbonyl (C=O) groups excluding carboxylic acids is 1. The third-order valence-corrected chi connectivity index (χ3v) is 2.45. The second kappa shape index (κ2) is 7.01. The van der Waals surface area contributed by atoms with Crippen LogP contribution in [0.1, 0.15) is 30.1 Å². The van der Waals surface area contributed by atoms with Crippen molar-refractivity contribution in [1.29, 1.82) is 0 Å². The molecule has 0 saturated carbocycles. The molecule has 0 aromatic heterocycles. The van der Waals surface area contributed by atoms with E-state index in [0.717, 1.165) is 12.2 Å². The number of carbonyl (C=O) groups is 1. The first-order valence-corrected chi connectivity index (χ1v) is 5.91. The summed E-state index contributed by atoms with van der Waals surface area (Å²) in [5, 5.41) is 0.354. The largest absolute Gasteiger partial charge is 0.497 e. The molecule has 0 amide bonds.